The molecule has 0 aliphatic carbocycles. The van der Waals surface area contributed by atoms with Gasteiger partial charge in [-0.3, -0.25) is 0 Å². The zero-order valence-corrected chi connectivity index (χ0v) is 10.4. The van der Waals surface area contributed by atoms with E-state index < -0.39 is 0 Å². The third-order valence-corrected chi connectivity index (χ3v) is 3.04. The molecule has 0 radical (unpaired) electrons. The van der Waals surface area contributed by atoms with Crippen LogP contribution in [0.1, 0.15) is 26.2 Å². The Morgan fingerprint density at radius 2 is 2.23 bits per heavy atom. The zero-order valence-electron chi connectivity index (χ0n) is 7.27. The number of halogens is 2. The molecule has 0 bridgehead atoms. The summed E-state index contributed by atoms with van der Waals surface area (Å²) in [6.45, 7) is 2.11. The summed E-state index contributed by atoms with van der Waals surface area (Å²) in [4.78, 5) is 12.8. The van der Waals surface area contributed by atoms with Crippen LogP contribution in [-0.2, 0) is 9.53 Å². The second kappa shape index (κ2) is 4.96. The number of cyclic esters (lactones) is 1. The van der Waals surface area contributed by atoms with Crippen molar-refractivity contribution in [3.63, 3.8) is 0 Å². The van der Waals surface area contributed by atoms with Crippen molar-refractivity contribution in [3.8, 4) is 0 Å². The van der Waals surface area contributed by atoms with Gasteiger partial charge in [0.2, 0.25) is 0 Å². The van der Waals surface area contributed by atoms with Crippen LogP contribution in [0.15, 0.2) is 20.8 Å². The number of carbonyl (C=O) groups is 1. The Morgan fingerprint density at radius 3 is 2.77 bits per heavy atom. The molecule has 1 rings (SSSR count). The predicted octanol–water partition coefficient (Wildman–Crippen LogP) is 3.62. The van der Waals surface area contributed by atoms with E-state index in [1.165, 1.54) is 0 Å². The van der Waals surface area contributed by atoms with Crippen LogP contribution in [0.3, 0.4) is 0 Å². The lowest BCUT2D eigenvalue weighted by Gasteiger charge is -2.00. The van der Waals surface area contributed by atoms with Crippen molar-refractivity contribution in [1.82, 2.24) is 0 Å². The van der Waals surface area contributed by atoms with Crippen molar-refractivity contribution in [2.24, 2.45) is 0 Å². The molecule has 0 spiro atoms. The molecule has 13 heavy (non-hydrogen) atoms. The maximum absolute atomic E-state index is 11.1. The zero-order chi connectivity index (χ0) is 9.84. The van der Waals surface area contributed by atoms with Gasteiger partial charge in [0.05, 0.1) is 0 Å². The Labute approximate surface area is 94.3 Å². The molecule has 0 unspecified atom stereocenters. The van der Waals surface area contributed by atoms with Crippen LogP contribution < -0.4 is 0 Å². The second-order valence-electron chi connectivity index (χ2n) is 2.76. The number of hydrogen-bond donors (Lipinski definition) is 0. The summed E-state index contributed by atoms with van der Waals surface area (Å²) in [6.07, 6.45) is 3.04. The first-order chi connectivity index (χ1) is 6.20. The minimum Gasteiger partial charge on any atom is -0.422 e. The number of ether oxygens (including phenoxy) is 1. The summed E-state index contributed by atoms with van der Waals surface area (Å²) in [6, 6.07) is 0. The number of unbranched alkanes of at least 4 members (excludes halogenated alkanes) is 1. The molecule has 0 saturated heterocycles. The highest BCUT2D eigenvalue weighted by Gasteiger charge is 2.26. The summed E-state index contributed by atoms with van der Waals surface area (Å²) in [5.41, 5.74) is 0.962. The largest absolute Gasteiger partial charge is 0.422 e. The molecule has 0 N–H and O–H groups in total. The Bertz CT molecular complexity index is 279. The van der Waals surface area contributed by atoms with E-state index in [4.69, 9.17) is 4.74 Å². The SMILES string of the molecule is CCCCC1=C(Br)C(=O)O/C1=C\Br. The van der Waals surface area contributed by atoms with E-state index in [2.05, 4.69) is 38.8 Å². The van der Waals surface area contributed by atoms with Gasteiger partial charge in [-0.25, -0.2) is 4.79 Å². The maximum Gasteiger partial charge on any atom is 0.351 e. The third-order valence-electron chi connectivity index (χ3n) is 1.82. The van der Waals surface area contributed by atoms with Gasteiger partial charge in [0, 0.05) is 10.6 Å². The van der Waals surface area contributed by atoms with Gasteiger partial charge < -0.3 is 4.74 Å². The Kier molecular flexibility index (Phi) is 4.19. The molecule has 72 valence electrons. The topological polar surface area (TPSA) is 26.3 Å². The predicted molar refractivity (Wildman–Crippen MR) is 58.6 cm³/mol. The molecule has 1 aliphatic heterocycles. The first kappa shape index (κ1) is 11.0. The van der Waals surface area contributed by atoms with E-state index in [1.807, 2.05) is 0 Å². The van der Waals surface area contributed by atoms with E-state index in [0.29, 0.717) is 10.2 Å². The molecule has 1 heterocycles. The van der Waals surface area contributed by atoms with E-state index in [0.717, 1.165) is 24.8 Å². The number of hydrogen-bond acceptors (Lipinski definition) is 2. The van der Waals surface area contributed by atoms with Crippen LogP contribution in [0, 0.1) is 0 Å². The summed E-state index contributed by atoms with van der Waals surface area (Å²) >= 11 is 6.39. The van der Waals surface area contributed by atoms with Gasteiger partial charge in [-0.05, 0) is 28.8 Å². The van der Waals surface area contributed by atoms with Crippen molar-refractivity contribution < 1.29 is 9.53 Å². The number of allylic oxidation sites excluding steroid dienone is 1. The first-order valence-corrected chi connectivity index (χ1v) is 5.83. The number of carbonyl (C=O) groups excluding carboxylic acids is 1. The Balaban J connectivity index is 2.81. The van der Waals surface area contributed by atoms with Crippen LogP contribution >= 0.6 is 31.9 Å². The van der Waals surface area contributed by atoms with Gasteiger partial charge in [0.25, 0.3) is 0 Å². The van der Waals surface area contributed by atoms with Crippen LogP contribution in [0.2, 0.25) is 0 Å². The molecular formula is C9H10Br2O2. The lowest BCUT2D eigenvalue weighted by molar-refractivity contribution is -0.132. The van der Waals surface area contributed by atoms with Gasteiger partial charge >= 0.3 is 5.97 Å². The van der Waals surface area contributed by atoms with Crippen molar-refractivity contribution in [3.05, 3.63) is 20.8 Å². The van der Waals surface area contributed by atoms with E-state index in [1.54, 1.807) is 4.99 Å². The molecule has 0 atom stereocenters. The highest BCUT2D eigenvalue weighted by atomic mass is 79.9. The fourth-order valence-electron chi connectivity index (χ4n) is 1.11. The van der Waals surface area contributed by atoms with Crippen LogP contribution in [0.5, 0.6) is 0 Å². The minimum atomic E-state index is -0.295. The molecule has 0 aromatic carbocycles. The average molecular weight is 310 g/mol. The van der Waals surface area contributed by atoms with E-state index in [9.17, 15) is 4.79 Å². The molecule has 0 fully saturated rings. The Hall–Kier alpha value is -0.0900. The minimum absolute atomic E-state index is 0.295. The van der Waals surface area contributed by atoms with Gasteiger partial charge in [-0.1, -0.05) is 29.3 Å². The fraction of sp³-hybridized carbons (Fsp3) is 0.444. The summed E-state index contributed by atoms with van der Waals surface area (Å²) in [5.74, 6) is 0.335. The lowest BCUT2D eigenvalue weighted by atomic mass is 10.1. The quantitative estimate of drug-likeness (QED) is 0.744. The molecule has 2 nitrogen and oxygen atoms in total. The van der Waals surface area contributed by atoms with Crippen molar-refractivity contribution in [1.29, 1.82) is 0 Å². The number of rotatable bonds is 3. The average Bonchev–Trinajstić information content (AvgIpc) is 2.40. The normalized spacial score (nSPS) is 19.9. The van der Waals surface area contributed by atoms with E-state index >= 15 is 0 Å². The molecule has 4 heteroatoms. The highest BCUT2D eigenvalue weighted by Crippen LogP contribution is 2.33. The fourth-order valence-corrected chi connectivity index (χ4v) is 1.96. The summed E-state index contributed by atoms with van der Waals surface area (Å²) in [7, 11) is 0. The molecule has 0 aromatic heterocycles. The molecular weight excluding hydrogens is 300 g/mol. The van der Waals surface area contributed by atoms with Crippen LogP contribution in [0.4, 0.5) is 0 Å². The second-order valence-corrected chi connectivity index (χ2v) is 4.01. The molecule has 0 aromatic rings. The van der Waals surface area contributed by atoms with Crippen LogP contribution in [0.25, 0.3) is 0 Å². The first-order valence-electron chi connectivity index (χ1n) is 4.12. The molecule has 1 aliphatic rings. The molecule has 0 saturated carbocycles. The number of esters is 1. The monoisotopic (exact) mass is 308 g/mol. The standard InChI is InChI=1S/C9H10Br2O2/c1-2-3-4-6-7(5-10)13-9(12)8(6)11/h5H,2-4H2,1H3/b7-5-. The van der Waals surface area contributed by atoms with Crippen molar-refractivity contribution >= 4 is 37.8 Å². The third kappa shape index (κ3) is 2.44. The maximum atomic E-state index is 11.1. The van der Waals surface area contributed by atoms with Gasteiger partial charge in [0.1, 0.15) is 10.2 Å². The van der Waals surface area contributed by atoms with Crippen LogP contribution in [-0.4, -0.2) is 5.97 Å². The van der Waals surface area contributed by atoms with Gasteiger partial charge in [-0.2, -0.15) is 0 Å². The van der Waals surface area contributed by atoms with Gasteiger partial charge in [0.15, 0.2) is 0 Å². The summed E-state index contributed by atoms with van der Waals surface area (Å²) < 4.78 is 5.55. The van der Waals surface area contributed by atoms with E-state index in [-0.39, 0.29) is 5.97 Å². The smallest absolute Gasteiger partial charge is 0.351 e. The lowest BCUT2D eigenvalue weighted by Crippen LogP contribution is -1.92. The van der Waals surface area contributed by atoms with Crippen molar-refractivity contribution in [2.45, 2.75) is 26.2 Å². The summed E-state index contributed by atoms with van der Waals surface area (Å²) in [5, 5.41) is 0. The molecule has 0 amide bonds. The highest BCUT2D eigenvalue weighted by molar-refractivity contribution is 9.12. The Morgan fingerprint density at radius 1 is 1.54 bits per heavy atom. The van der Waals surface area contributed by atoms with Crippen molar-refractivity contribution in [2.75, 3.05) is 0 Å². The van der Waals surface area contributed by atoms with Gasteiger partial charge in [-0.15, -0.1) is 0 Å².